The molecule has 0 bridgehead atoms. The van der Waals surface area contributed by atoms with Crippen molar-refractivity contribution < 1.29 is 23.8 Å². The molecule has 0 aliphatic carbocycles. The summed E-state index contributed by atoms with van der Waals surface area (Å²) in [5, 5.41) is 2.75. The van der Waals surface area contributed by atoms with Crippen LogP contribution in [0.4, 0.5) is 4.79 Å². The minimum Gasteiger partial charge on any atom is -0.482 e. The van der Waals surface area contributed by atoms with E-state index in [0.717, 1.165) is 5.56 Å². The first-order chi connectivity index (χ1) is 10.7. The zero-order valence-corrected chi connectivity index (χ0v) is 14.3. The lowest BCUT2D eigenvalue weighted by atomic mass is 10.0. The average molecular weight is 323 g/mol. The molecule has 0 saturated carbocycles. The third kappa shape index (κ3) is 7.54. The van der Waals surface area contributed by atoms with Crippen LogP contribution in [-0.2, 0) is 14.3 Å². The fraction of sp³-hybridized carbons (Fsp3) is 0.529. The SMILES string of the molecule is COC(=O)COc1ccc(C(C)CNC(=O)OC(C)(C)C)cc1. The Labute approximate surface area is 137 Å². The second kappa shape index (κ2) is 8.41. The number of ether oxygens (including phenoxy) is 3. The fourth-order valence-corrected chi connectivity index (χ4v) is 1.76. The van der Waals surface area contributed by atoms with Crippen LogP contribution in [0, 0.1) is 0 Å². The number of rotatable bonds is 6. The second-order valence-corrected chi connectivity index (χ2v) is 6.22. The van der Waals surface area contributed by atoms with Crippen molar-refractivity contribution in [3.05, 3.63) is 29.8 Å². The molecule has 0 aliphatic rings. The Morgan fingerprint density at radius 1 is 1.17 bits per heavy atom. The van der Waals surface area contributed by atoms with Gasteiger partial charge in [0.1, 0.15) is 11.4 Å². The zero-order chi connectivity index (χ0) is 17.5. The summed E-state index contributed by atoms with van der Waals surface area (Å²) < 4.78 is 15.0. The summed E-state index contributed by atoms with van der Waals surface area (Å²) in [5.74, 6) is 0.285. The van der Waals surface area contributed by atoms with Crippen LogP contribution in [0.15, 0.2) is 24.3 Å². The number of carbonyl (C=O) groups is 2. The van der Waals surface area contributed by atoms with Gasteiger partial charge in [-0.25, -0.2) is 9.59 Å². The molecule has 23 heavy (non-hydrogen) atoms. The first kappa shape index (κ1) is 18.8. The van der Waals surface area contributed by atoms with Gasteiger partial charge in [0.05, 0.1) is 7.11 Å². The van der Waals surface area contributed by atoms with Crippen LogP contribution < -0.4 is 10.1 Å². The quantitative estimate of drug-likeness (QED) is 0.815. The molecule has 0 heterocycles. The van der Waals surface area contributed by atoms with Crippen LogP contribution in [0.2, 0.25) is 0 Å². The third-order valence-corrected chi connectivity index (χ3v) is 2.98. The van der Waals surface area contributed by atoms with Gasteiger partial charge in [-0.1, -0.05) is 19.1 Å². The Bertz CT molecular complexity index is 519. The van der Waals surface area contributed by atoms with Gasteiger partial charge in [-0.15, -0.1) is 0 Å². The van der Waals surface area contributed by atoms with Crippen molar-refractivity contribution in [1.82, 2.24) is 5.32 Å². The number of hydrogen-bond acceptors (Lipinski definition) is 5. The lowest BCUT2D eigenvalue weighted by Crippen LogP contribution is -2.34. The number of nitrogens with one attached hydrogen (secondary N) is 1. The Hall–Kier alpha value is -2.24. The van der Waals surface area contributed by atoms with Crippen molar-refractivity contribution >= 4 is 12.1 Å². The van der Waals surface area contributed by atoms with E-state index in [4.69, 9.17) is 9.47 Å². The lowest BCUT2D eigenvalue weighted by Gasteiger charge is -2.21. The van der Waals surface area contributed by atoms with Gasteiger partial charge in [0.25, 0.3) is 0 Å². The van der Waals surface area contributed by atoms with Gasteiger partial charge in [0, 0.05) is 6.54 Å². The summed E-state index contributed by atoms with van der Waals surface area (Å²) in [5.41, 5.74) is 0.540. The van der Waals surface area contributed by atoms with E-state index in [1.165, 1.54) is 7.11 Å². The molecule has 0 saturated heterocycles. The van der Waals surface area contributed by atoms with Crippen LogP contribution in [0.5, 0.6) is 5.75 Å². The summed E-state index contributed by atoms with van der Waals surface area (Å²) in [6.07, 6.45) is -0.428. The molecule has 1 aromatic rings. The molecule has 6 nitrogen and oxygen atoms in total. The molecule has 0 aliphatic heterocycles. The molecule has 0 aromatic heterocycles. The van der Waals surface area contributed by atoms with E-state index >= 15 is 0 Å². The average Bonchev–Trinajstić information content (AvgIpc) is 2.49. The molecule has 1 atom stereocenters. The van der Waals surface area contributed by atoms with Crippen molar-refractivity contribution in [3.63, 3.8) is 0 Å². The molecule has 128 valence electrons. The molecule has 1 unspecified atom stereocenters. The van der Waals surface area contributed by atoms with Crippen molar-refractivity contribution in [2.75, 3.05) is 20.3 Å². The molecule has 1 rings (SSSR count). The van der Waals surface area contributed by atoms with Gasteiger partial charge < -0.3 is 19.5 Å². The van der Waals surface area contributed by atoms with Crippen molar-refractivity contribution in [2.45, 2.75) is 39.2 Å². The number of hydrogen-bond donors (Lipinski definition) is 1. The van der Waals surface area contributed by atoms with Gasteiger partial charge in [-0.3, -0.25) is 0 Å². The Balaban J connectivity index is 2.46. The Kier molecular flexibility index (Phi) is 6.88. The molecule has 1 amide bonds. The van der Waals surface area contributed by atoms with Crippen molar-refractivity contribution in [2.24, 2.45) is 0 Å². The number of methoxy groups -OCH3 is 1. The summed E-state index contributed by atoms with van der Waals surface area (Å²) in [4.78, 5) is 22.6. The summed E-state index contributed by atoms with van der Waals surface area (Å²) in [6.45, 7) is 7.82. The first-order valence-corrected chi connectivity index (χ1v) is 7.47. The van der Waals surface area contributed by atoms with E-state index in [-0.39, 0.29) is 12.5 Å². The summed E-state index contributed by atoms with van der Waals surface area (Å²) in [7, 11) is 1.31. The summed E-state index contributed by atoms with van der Waals surface area (Å²) >= 11 is 0. The summed E-state index contributed by atoms with van der Waals surface area (Å²) in [6, 6.07) is 7.35. The lowest BCUT2D eigenvalue weighted by molar-refractivity contribution is -0.142. The van der Waals surface area contributed by atoms with Crippen molar-refractivity contribution in [3.8, 4) is 5.75 Å². The number of carbonyl (C=O) groups excluding carboxylic acids is 2. The van der Waals surface area contributed by atoms with Gasteiger partial charge in [-0.05, 0) is 44.4 Å². The van der Waals surface area contributed by atoms with E-state index in [9.17, 15) is 9.59 Å². The number of benzene rings is 1. The van der Waals surface area contributed by atoms with Gasteiger partial charge in [-0.2, -0.15) is 0 Å². The molecular formula is C17H25NO5. The van der Waals surface area contributed by atoms with Gasteiger partial charge in [0.15, 0.2) is 6.61 Å². The van der Waals surface area contributed by atoms with Crippen LogP contribution in [0.1, 0.15) is 39.2 Å². The van der Waals surface area contributed by atoms with Gasteiger partial charge >= 0.3 is 12.1 Å². The number of alkyl carbamates (subject to hydrolysis) is 1. The highest BCUT2D eigenvalue weighted by atomic mass is 16.6. The second-order valence-electron chi connectivity index (χ2n) is 6.22. The van der Waals surface area contributed by atoms with Crippen LogP contribution in [0.3, 0.4) is 0 Å². The first-order valence-electron chi connectivity index (χ1n) is 7.47. The topological polar surface area (TPSA) is 73.9 Å². The predicted molar refractivity (Wildman–Crippen MR) is 86.6 cm³/mol. The minimum atomic E-state index is -0.508. The predicted octanol–water partition coefficient (Wildman–Crippen LogP) is 2.87. The molecule has 6 heteroatoms. The number of esters is 1. The molecule has 1 N–H and O–H groups in total. The van der Waals surface area contributed by atoms with Crippen LogP contribution in [-0.4, -0.2) is 37.9 Å². The maximum absolute atomic E-state index is 11.6. The molecular weight excluding hydrogens is 298 g/mol. The van der Waals surface area contributed by atoms with Crippen LogP contribution in [0.25, 0.3) is 0 Å². The molecule has 0 radical (unpaired) electrons. The maximum atomic E-state index is 11.6. The zero-order valence-electron chi connectivity index (χ0n) is 14.3. The highest BCUT2D eigenvalue weighted by Gasteiger charge is 2.16. The standard InChI is InChI=1S/C17H25NO5/c1-12(10-18-16(20)23-17(2,3)4)13-6-8-14(9-7-13)22-11-15(19)21-5/h6-9,12H,10-11H2,1-5H3,(H,18,20). The fourth-order valence-electron chi connectivity index (χ4n) is 1.76. The normalized spacial score (nSPS) is 12.2. The Morgan fingerprint density at radius 3 is 2.30 bits per heavy atom. The largest absolute Gasteiger partial charge is 0.482 e. The Morgan fingerprint density at radius 2 is 1.78 bits per heavy atom. The smallest absolute Gasteiger partial charge is 0.407 e. The third-order valence-electron chi connectivity index (χ3n) is 2.98. The van der Waals surface area contributed by atoms with E-state index in [1.54, 1.807) is 12.1 Å². The minimum absolute atomic E-state index is 0.119. The molecule has 0 spiro atoms. The van der Waals surface area contributed by atoms with Gasteiger partial charge in [0.2, 0.25) is 0 Å². The van der Waals surface area contributed by atoms with Crippen LogP contribution >= 0.6 is 0 Å². The molecule has 1 aromatic carbocycles. The molecule has 0 fully saturated rings. The van der Waals surface area contributed by atoms with E-state index in [1.807, 2.05) is 39.8 Å². The van der Waals surface area contributed by atoms with Crippen molar-refractivity contribution in [1.29, 1.82) is 0 Å². The van der Waals surface area contributed by atoms with E-state index < -0.39 is 17.7 Å². The van der Waals surface area contributed by atoms with E-state index in [0.29, 0.717) is 12.3 Å². The highest BCUT2D eigenvalue weighted by molar-refractivity contribution is 5.70. The number of amides is 1. The monoisotopic (exact) mass is 323 g/mol. The van der Waals surface area contributed by atoms with E-state index in [2.05, 4.69) is 10.1 Å². The maximum Gasteiger partial charge on any atom is 0.407 e. The highest BCUT2D eigenvalue weighted by Crippen LogP contribution is 2.19.